The lowest BCUT2D eigenvalue weighted by molar-refractivity contribution is -0.126. The molecule has 134 valence electrons. The maximum absolute atomic E-state index is 12.0. The largest absolute Gasteiger partial charge is 0.436 e. The van der Waals surface area contributed by atoms with E-state index in [2.05, 4.69) is 38.2 Å². The first-order valence-electron chi connectivity index (χ1n) is 8.01. The highest BCUT2D eigenvalue weighted by Gasteiger charge is 2.22. The first kappa shape index (κ1) is 18.8. The highest BCUT2D eigenvalue weighted by atomic mass is 127. The summed E-state index contributed by atoms with van der Waals surface area (Å²) in [6.07, 6.45) is 0. The van der Waals surface area contributed by atoms with Crippen LogP contribution in [0.2, 0.25) is 0 Å². The van der Waals surface area contributed by atoms with E-state index in [9.17, 15) is 4.79 Å². The average Bonchev–Trinajstić information content (AvgIpc) is 2.97. The molecule has 0 saturated carbocycles. The van der Waals surface area contributed by atoms with Crippen molar-refractivity contribution in [1.29, 1.82) is 0 Å². The van der Waals surface area contributed by atoms with Crippen LogP contribution >= 0.6 is 34.8 Å². The minimum Gasteiger partial charge on any atom is -0.436 e. The maximum atomic E-state index is 12.0. The second kappa shape index (κ2) is 7.32. The number of hydrogen-bond acceptors (Lipinski definition) is 4. The van der Waals surface area contributed by atoms with Gasteiger partial charge in [-0.3, -0.25) is 4.79 Å². The topological polar surface area (TPSA) is 67.2 Å². The highest BCUT2D eigenvalue weighted by molar-refractivity contribution is 14.1. The number of aromatic nitrogens is 1. The molecule has 0 aliphatic heterocycles. The van der Waals surface area contributed by atoms with E-state index in [1.54, 1.807) is 0 Å². The summed E-state index contributed by atoms with van der Waals surface area (Å²) in [5.74, 6) is 0.427. The summed E-state index contributed by atoms with van der Waals surface area (Å²) in [6, 6.07) is 13.5. The van der Waals surface area contributed by atoms with Crippen LogP contribution in [-0.2, 0) is 4.79 Å². The quantitative estimate of drug-likeness (QED) is 0.402. The van der Waals surface area contributed by atoms with E-state index in [0.29, 0.717) is 17.0 Å². The predicted octanol–water partition coefficient (Wildman–Crippen LogP) is 4.96. The fraction of sp³-hybridized carbons (Fsp3) is 0.211. The number of fused-ring (bicyclic) bond motifs is 1. The molecule has 1 heterocycles. The van der Waals surface area contributed by atoms with Gasteiger partial charge in [0.2, 0.25) is 11.8 Å². The number of halogens is 1. The van der Waals surface area contributed by atoms with E-state index < -0.39 is 5.41 Å². The highest BCUT2D eigenvalue weighted by Crippen LogP contribution is 2.26. The zero-order chi connectivity index (χ0) is 18.9. The van der Waals surface area contributed by atoms with Gasteiger partial charge in [-0.25, -0.2) is 4.98 Å². The zero-order valence-electron chi connectivity index (χ0n) is 14.6. The molecule has 3 aromatic rings. The number of carbonyl (C=O) groups excluding carboxylic acids is 1. The number of nitrogens with zero attached hydrogens (tertiary/aromatic N) is 1. The summed E-state index contributed by atoms with van der Waals surface area (Å²) in [5.41, 5.74) is 2.55. The molecule has 0 aliphatic carbocycles. The first-order chi connectivity index (χ1) is 12.2. The van der Waals surface area contributed by atoms with E-state index in [1.807, 2.05) is 63.2 Å². The standard InChI is InChI=1S/C19H18IN3O2S/c1-19(2,3)17(24)23-18(26)21-13-8-9-15-14(10-13)22-16(25-15)11-4-6-12(20)7-5-11/h4-10H,1-3H3,(H2,21,23,24,26). The van der Waals surface area contributed by atoms with E-state index in [1.165, 1.54) is 0 Å². The molecule has 1 aromatic heterocycles. The number of thiocarbonyl (C=S) groups is 1. The second-order valence-corrected chi connectivity index (χ2v) is 8.52. The predicted molar refractivity (Wildman–Crippen MR) is 116 cm³/mol. The minimum absolute atomic E-state index is 0.140. The summed E-state index contributed by atoms with van der Waals surface area (Å²) in [5, 5.41) is 5.96. The Morgan fingerprint density at radius 3 is 2.50 bits per heavy atom. The van der Waals surface area contributed by atoms with Gasteiger partial charge in [0, 0.05) is 20.2 Å². The molecular weight excluding hydrogens is 461 g/mol. The van der Waals surface area contributed by atoms with Crippen molar-refractivity contribution < 1.29 is 9.21 Å². The van der Waals surface area contributed by atoms with Crippen molar-refractivity contribution in [2.75, 3.05) is 5.32 Å². The molecule has 0 aliphatic rings. The molecule has 0 spiro atoms. The van der Waals surface area contributed by atoms with Crippen molar-refractivity contribution in [1.82, 2.24) is 10.3 Å². The van der Waals surface area contributed by atoms with E-state index in [0.717, 1.165) is 14.8 Å². The van der Waals surface area contributed by atoms with Gasteiger partial charge < -0.3 is 15.1 Å². The Morgan fingerprint density at radius 1 is 1.15 bits per heavy atom. The van der Waals surface area contributed by atoms with Crippen LogP contribution in [0.4, 0.5) is 5.69 Å². The Labute approximate surface area is 170 Å². The number of amides is 1. The normalized spacial score (nSPS) is 11.4. The lowest BCUT2D eigenvalue weighted by Gasteiger charge is -2.18. The third-order valence-corrected chi connectivity index (χ3v) is 4.57. The monoisotopic (exact) mass is 479 g/mol. The van der Waals surface area contributed by atoms with Gasteiger partial charge in [-0.15, -0.1) is 0 Å². The Hall–Kier alpha value is -2.00. The van der Waals surface area contributed by atoms with Crippen LogP contribution in [0, 0.1) is 8.99 Å². The molecule has 0 atom stereocenters. The number of carbonyl (C=O) groups is 1. The second-order valence-electron chi connectivity index (χ2n) is 6.87. The Morgan fingerprint density at radius 2 is 1.85 bits per heavy atom. The number of rotatable bonds is 2. The number of benzene rings is 2. The summed E-state index contributed by atoms with van der Waals surface area (Å²) in [7, 11) is 0. The molecule has 1 amide bonds. The molecule has 0 unspecified atom stereocenters. The van der Waals surface area contributed by atoms with Gasteiger partial charge in [-0.2, -0.15) is 0 Å². The SMILES string of the molecule is CC(C)(C)C(=O)NC(=S)Nc1ccc2oc(-c3ccc(I)cc3)nc2c1. The van der Waals surface area contributed by atoms with Crippen LogP contribution in [0.5, 0.6) is 0 Å². The van der Waals surface area contributed by atoms with Crippen molar-refractivity contribution in [3.63, 3.8) is 0 Å². The van der Waals surface area contributed by atoms with Gasteiger partial charge in [0.1, 0.15) is 5.52 Å². The summed E-state index contributed by atoms with van der Waals surface area (Å²) >= 11 is 7.47. The molecular formula is C19H18IN3O2S. The van der Waals surface area contributed by atoms with Crippen LogP contribution in [0.15, 0.2) is 46.9 Å². The Balaban J connectivity index is 1.78. The van der Waals surface area contributed by atoms with Crippen molar-refractivity contribution >= 4 is 62.6 Å². The Kier molecular flexibility index (Phi) is 5.29. The smallest absolute Gasteiger partial charge is 0.231 e. The zero-order valence-corrected chi connectivity index (χ0v) is 17.6. The van der Waals surface area contributed by atoms with Crippen LogP contribution in [0.25, 0.3) is 22.6 Å². The molecule has 2 aromatic carbocycles. The van der Waals surface area contributed by atoms with Crippen molar-refractivity contribution in [3.05, 3.63) is 46.0 Å². The molecule has 0 fully saturated rings. The van der Waals surface area contributed by atoms with Crippen LogP contribution in [0.3, 0.4) is 0 Å². The summed E-state index contributed by atoms with van der Waals surface area (Å²) in [4.78, 5) is 16.5. The van der Waals surface area contributed by atoms with Gasteiger partial charge >= 0.3 is 0 Å². The molecule has 2 N–H and O–H groups in total. The molecule has 3 rings (SSSR count). The van der Waals surface area contributed by atoms with Gasteiger partial charge in [-0.1, -0.05) is 20.8 Å². The lowest BCUT2D eigenvalue weighted by Crippen LogP contribution is -2.41. The van der Waals surface area contributed by atoms with E-state index >= 15 is 0 Å². The van der Waals surface area contributed by atoms with Gasteiger partial charge in [0.25, 0.3) is 0 Å². The number of anilines is 1. The molecule has 0 bridgehead atoms. The van der Waals surface area contributed by atoms with Gasteiger partial charge in [-0.05, 0) is 77.3 Å². The van der Waals surface area contributed by atoms with Crippen molar-refractivity contribution in [2.45, 2.75) is 20.8 Å². The van der Waals surface area contributed by atoms with Crippen molar-refractivity contribution in [3.8, 4) is 11.5 Å². The van der Waals surface area contributed by atoms with Gasteiger partial charge in [0.05, 0.1) is 0 Å². The minimum atomic E-state index is -0.510. The molecule has 0 radical (unpaired) electrons. The lowest BCUT2D eigenvalue weighted by atomic mass is 9.96. The molecule has 26 heavy (non-hydrogen) atoms. The molecule has 7 heteroatoms. The van der Waals surface area contributed by atoms with Crippen LogP contribution < -0.4 is 10.6 Å². The number of nitrogens with one attached hydrogen (secondary N) is 2. The fourth-order valence-corrected chi connectivity index (χ4v) is 2.74. The summed E-state index contributed by atoms with van der Waals surface area (Å²) < 4.78 is 6.97. The van der Waals surface area contributed by atoms with Gasteiger partial charge in [0.15, 0.2) is 10.7 Å². The fourth-order valence-electron chi connectivity index (χ4n) is 2.17. The van der Waals surface area contributed by atoms with Crippen LogP contribution in [0.1, 0.15) is 20.8 Å². The van der Waals surface area contributed by atoms with E-state index in [4.69, 9.17) is 16.6 Å². The molecule has 5 nitrogen and oxygen atoms in total. The third kappa shape index (κ3) is 4.39. The van der Waals surface area contributed by atoms with E-state index in [-0.39, 0.29) is 11.0 Å². The number of hydrogen-bond donors (Lipinski definition) is 2. The van der Waals surface area contributed by atoms with Crippen molar-refractivity contribution in [2.24, 2.45) is 5.41 Å². The average molecular weight is 479 g/mol. The van der Waals surface area contributed by atoms with Crippen LogP contribution in [-0.4, -0.2) is 16.0 Å². The first-order valence-corrected chi connectivity index (χ1v) is 9.50. The summed E-state index contributed by atoms with van der Waals surface area (Å²) in [6.45, 7) is 5.50. The Bertz CT molecular complexity index is 975. The third-order valence-electron chi connectivity index (χ3n) is 3.64. The molecule has 0 saturated heterocycles. The number of oxazole rings is 1. The maximum Gasteiger partial charge on any atom is 0.231 e.